The number of hydrogen-bond donors (Lipinski definition) is 6. The predicted molar refractivity (Wildman–Crippen MR) is 123 cm³/mol. The third kappa shape index (κ3) is 3.57. The van der Waals surface area contributed by atoms with Crippen LogP contribution >= 0.6 is 0 Å². The summed E-state index contributed by atoms with van der Waals surface area (Å²) in [7, 11) is 3.56. The number of Topliss-reactive ketones (excluding diaryl/α,β-unsaturated/α-hetero) is 2. The second kappa shape index (κ2) is 8.65. The molecule has 1 fully saturated rings. The van der Waals surface area contributed by atoms with Crippen LogP contribution in [0.2, 0.25) is 0 Å². The second-order valence-corrected chi connectivity index (χ2v) is 9.42. The molecule has 0 aromatic heterocycles. The molecule has 0 heterocycles. The van der Waals surface area contributed by atoms with Gasteiger partial charge in [-0.3, -0.25) is 14.4 Å². The maximum atomic E-state index is 13.6. The summed E-state index contributed by atoms with van der Waals surface area (Å²) < 4.78 is 12.6. The monoisotopic (exact) mass is 489 g/mol. The second-order valence-electron chi connectivity index (χ2n) is 9.42. The molecule has 0 spiro atoms. The standard InChI is InChI=1S/C24H28FN3O7/c1-28(2)14-7-11(9-27-4-3-25)19(30)17-13(14)6-10-5-12-8-15(29)18(23(26)34)22(33)24(12,35)21(32)16(10)20(17)31/h7,10,12,27,30-31,33,35H,3-6,8-9H2,1-2H3,(H2,26,34)/t10-,12+,24+/m1/s1. The van der Waals surface area contributed by atoms with Gasteiger partial charge in [0, 0.05) is 56.3 Å². The van der Waals surface area contributed by atoms with Crippen LogP contribution in [0.25, 0.3) is 5.76 Å². The lowest BCUT2D eigenvalue weighted by atomic mass is 9.59. The molecule has 4 rings (SSSR count). The summed E-state index contributed by atoms with van der Waals surface area (Å²) in [4.78, 5) is 39.5. The van der Waals surface area contributed by atoms with Gasteiger partial charge >= 0.3 is 0 Å². The fraction of sp³-hybridized carbons (Fsp3) is 0.458. The van der Waals surface area contributed by atoms with Crippen molar-refractivity contribution in [1.82, 2.24) is 5.32 Å². The zero-order valence-corrected chi connectivity index (χ0v) is 19.4. The van der Waals surface area contributed by atoms with Crippen molar-refractivity contribution in [2.24, 2.45) is 17.6 Å². The van der Waals surface area contributed by atoms with Gasteiger partial charge < -0.3 is 36.4 Å². The lowest BCUT2D eigenvalue weighted by Gasteiger charge is -2.46. The number of phenolic OH excluding ortho intramolecular Hbond substituents is 1. The largest absolute Gasteiger partial charge is 0.508 e. The Morgan fingerprint density at radius 1 is 1.26 bits per heavy atom. The predicted octanol–water partition coefficient (Wildman–Crippen LogP) is 0.549. The number of aliphatic hydroxyl groups excluding tert-OH is 2. The first kappa shape index (κ1) is 24.7. The highest BCUT2D eigenvalue weighted by molar-refractivity contribution is 6.22. The minimum absolute atomic E-state index is 0.0142. The van der Waals surface area contributed by atoms with E-state index in [2.05, 4.69) is 5.32 Å². The van der Waals surface area contributed by atoms with Crippen molar-refractivity contribution < 1.29 is 39.2 Å². The maximum Gasteiger partial charge on any atom is 0.255 e. The number of alkyl halides is 1. The van der Waals surface area contributed by atoms with Crippen molar-refractivity contribution in [2.75, 3.05) is 32.2 Å². The summed E-state index contributed by atoms with van der Waals surface area (Å²) in [6.07, 6.45) is -0.0864. The van der Waals surface area contributed by atoms with Crippen molar-refractivity contribution in [3.63, 3.8) is 0 Å². The molecule has 3 aliphatic carbocycles. The molecule has 0 aliphatic heterocycles. The number of fused-ring (bicyclic) bond motifs is 3. The van der Waals surface area contributed by atoms with Gasteiger partial charge in [0.2, 0.25) is 5.78 Å². The van der Waals surface area contributed by atoms with Gasteiger partial charge in [0.1, 0.15) is 29.5 Å². The van der Waals surface area contributed by atoms with Crippen molar-refractivity contribution >= 4 is 28.9 Å². The number of aliphatic hydroxyl groups is 3. The fourth-order valence-corrected chi connectivity index (χ4v) is 5.55. The van der Waals surface area contributed by atoms with Gasteiger partial charge in [0.25, 0.3) is 5.91 Å². The van der Waals surface area contributed by atoms with Crippen LogP contribution in [0.4, 0.5) is 10.1 Å². The Bertz CT molecular complexity index is 1210. The van der Waals surface area contributed by atoms with Gasteiger partial charge in [-0.2, -0.15) is 0 Å². The molecule has 1 amide bonds. The molecule has 11 heteroatoms. The average molecular weight is 490 g/mol. The van der Waals surface area contributed by atoms with Crippen LogP contribution in [0.3, 0.4) is 0 Å². The van der Waals surface area contributed by atoms with Crippen LogP contribution in [-0.4, -0.2) is 70.8 Å². The summed E-state index contributed by atoms with van der Waals surface area (Å²) in [6.45, 7) is -0.448. The number of nitrogens with one attached hydrogen (secondary N) is 1. The molecule has 1 aromatic carbocycles. The Morgan fingerprint density at radius 2 is 1.94 bits per heavy atom. The number of ketones is 2. The minimum atomic E-state index is -2.60. The third-order valence-corrected chi connectivity index (χ3v) is 7.19. The molecule has 1 saturated carbocycles. The van der Waals surface area contributed by atoms with Crippen LogP contribution in [0.5, 0.6) is 5.75 Å². The summed E-state index contributed by atoms with van der Waals surface area (Å²) in [5.74, 6) is -6.65. The van der Waals surface area contributed by atoms with Crippen LogP contribution in [0, 0.1) is 11.8 Å². The van der Waals surface area contributed by atoms with E-state index >= 15 is 0 Å². The van der Waals surface area contributed by atoms with E-state index < -0.39 is 58.7 Å². The Kier molecular flexibility index (Phi) is 6.10. The van der Waals surface area contributed by atoms with E-state index in [1.165, 1.54) is 0 Å². The number of nitrogens with zero attached hydrogens (tertiary/aromatic N) is 1. The number of amides is 1. The molecule has 10 nitrogen and oxygen atoms in total. The van der Waals surface area contributed by atoms with E-state index in [4.69, 9.17) is 5.73 Å². The number of hydrogen-bond acceptors (Lipinski definition) is 9. The van der Waals surface area contributed by atoms with Gasteiger partial charge in [-0.25, -0.2) is 4.39 Å². The van der Waals surface area contributed by atoms with Crippen LogP contribution in [0.15, 0.2) is 23.0 Å². The first-order chi connectivity index (χ1) is 16.4. The maximum absolute atomic E-state index is 13.6. The molecular formula is C24H28FN3O7. The quantitative estimate of drug-likeness (QED) is 0.246. The summed E-state index contributed by atoms with van der Waals surface area (Å²) in [5, 5.41) is 47.0. The Hall–Kier alpha value is -3.44. The number of nitrogens with two attached hydrogens (primary N) is 1. The molecule has 0 bridgehead atoms. The van der Waals surface area contributed by atoms with Gasteiger partial charge in [0.05, 0.1) is 5.56 Å². The molecule has 3 atom stereocenters. The van der Waals surface area contributed by atoms with E-state index in [0.717, 1.165) is 0 Å². The Labute approximate surface area is 200 Å². The smallest absolute Gasteiger partial charge is 0.255 e. The lowest BCUT2D eigenvalue weighted by molar-refractivity contribution is -0.147. The molecule has 1 aromatic rings. The van der Waals surface area contributed by atoms with Crippen LogP contribution in [-0.2, 0) is 27.3 Å². The summed E-state index contributed by atoms with van der Waals surface area (Å²) in [6, 6.07) is 1.72. The van der Waals surface area contributed by atoms with Crippen molar-refractivity contribution in [3.05, 3.63) is 39.7 Å². The highest BCUT2D eigenvalue weighted by Crippen LogP contribution is 2.53. The van der Waals surface area contributed by atoms with Crippen molar-refractivity contribution in [1.29, 1.82) is 0 Å². The molecule has 35 heavy (non-hydrogen) atoms. The molecule has 3 aliphatic rings. The van der Waals surface area contributed by atoms with Gasteiger partial charge in [-0.1, -0.05) is 0 Å². The number of carbonyl (C=O) groups excluding carboxylic acids is 3. The highest BCUT2D eigenvalue weighted by Gasteiger charge is 2.60. The van der Waals surface area contributed by atoms with Crippen LogP contribution < -0.4 is 16.0 Å². The number of anilines is 1. The zero-order chi connectivity index (χ0) is 25.8. The number of rotatable bonds is 6. The SMILES string of the molecule is CN(C)c1cc(CNCCF)c(O)c2c1C[C@H]1C[C@H]3CC(=O)C(C(N)=O)=C(O)[C@@]3(O)C(=O)C1=C2O. The number of aromatic hydroxyl groups is 1. The number of phenols is 1. The number of carbonyl (C=O) groups is 3. The Balaban J connectivity index is 1.91. The Morgan fingerprint density at radius 3 is 2.54 bits per heavy atom. The summed E-state index contributed by atoms with van der Waals surface area (Å²) >= 11 is 0. The van der Waals surface area contributed by atoms with E-state index in [-0.39, 0.29) is 49.2 Å². The first-order valence-electron chi connectivity index (χ1n) is 11.2. The first-order valence-corrected chi connectivity index (χ1v) is 11.2. The van der Waals surface area contributed by atoms with Crippen molar-refractivity contribution in [2.45, 2.75) is 31.4 Å². The normalized spacial score (nSPS) is 25.8. The summed E-state index contributed by atoms with van der Waals surface area (Å²) in [5.41, 5.74) is 3.20. The molecular weight excluding hydrogens is 461 g/mol. The van der Waals surface area contributed by atoms with E-state index in [9.17, 15) is 39.2 Å². The van der Waals surface area contributed by atoms with Gasteiger partial charge in [-0.15, -0.1) is 0 Å². The molecule has 0 radical (unpaired) electrons. The number of halogens is 1. The third-order valence-electron chi connectivity index (χ3n) is 7.19. The van der Waals surface area contributed by atoms with E-state index in [0.29, 0.717) is 16.8 Å². The topological polar surface area (TPSA) is 173 Å². The van der Waals surface area contributed by atoms with Gasteiger partial charge in [0.15, 0.2) is 11.4 Å². The molecule has 0 saturated heterocycles. The number of benzene rings is 1. The van der Waals surface area contributed by atoms with Crippen LogP contribution in [0.1, 0.15) is 29.5 Å². The molecule has 7 N–H and O–H groups in total. The van der Waals surface area contributed by atoms with E-state index in [1.54, 1.807) is 25.1 Å². The van der Waals surface area contributed by atoms with Crippen molar-refractivity contribution in [3.8, 4) is 5.75 Å². The van der Waals surface area contributed by atoms with E-state index in [1.807, 2.05) is 0 Å². The highest BCUT2D eigenvalue weighted by atomic mass is 19.1. The lowest BCUT2D eigenvalue weighted by Crippen LogP contribution is -2.58. The zero-order valence-electron chi connectivity index (χ0n) is 19.4. The number of primary amides is 1. The van der Waals surface area contributed by atoms with Gasteiger partial charge in [-0.05, 0) is 30.4 Å². The average Bonchev–Trinajstić information content (AvgIpc) is 2.77. The minimum Gasteiger partial charge on any atom is -0.508 e. The molecule has 188 valence electrons. The molecule has 0 unspecified atom stereocenters. The fourth-order valence-electron chi connectivity index (χ4n) is 5.55.